The number of rotatable bonds is 4. The number of nitrogens with one attached hydrogen (secondary N) is 1. The van der Waals surface area contributed by atoms with Crippen LogP contribution in [0.5, 0.6) is 11.6 Å². The number of halogens is 2. The highest BCUT2D eigenvalue weighted by Gasteiger charge is 2.30. The van der Waals surface area contributed by atoms with Crippen LogP contribution < -0.4 is 14.8 Å². The van der Waals surface area contributed by atoms with E-state index in [4.69, 9.17) is 14.5 Å². The molecule has 0 fully saturated rings. The predicted molar refractivity (Wildman–Crippen MR) is 135 cm³/mol. The number of pyridine rings is 1. The van der Waals surface area contributed by atoms with E-state index in [0.29, 0.717) is 66.6 Å². The molecule has 1 aliphatic rings. The van der Waals surface area contributed by atoms with Crippen LogP contribution in [0, 0.1) is 0 Å². The lowest BCUT2D eigenvalue weighted by Crippen LogP contribution is -2.47. The summed E-state index contributed by atoms with van der Waals surface area (Å²) in [5.74, 6) is -1.97. The van der Waals surface area contributed by atoms with Crippen molar-refractivity contribution in [1.29, 1.82) is 0 Å². The van der Waals surface area contributed by atoms with Gasteiger partial charge < -0.3 is 24.1 Å². The Morgan fingerprint density at radius 2 is 2.08 bits per heavy atom. The first-order valence-electron chi connectivity index (χ1n) is 12.7. The van der Waals surface area contributed by atoms with Gasteiger partial charge in [-0.3, -0.25) is 4.98 Å². The molecule has 9 nitrogen and oxygen atoms in total. The van der Waals surface area contributed by atoms with Crippen molar-refractivity contribution in [2.75, 3.05) is 20.3 Å². The van der Waals surface area contributed by atoms with Crippen molar-refractivity contribution in [2.24, 2.45) is 0 Å². The summed E-state index contributed by atoms with van der Waals surface area (Å²) < 4.78 is 41.3. The van der Waals surface area contributed by atoms with E-state index < -0.39 is 30.5 Å². The number of carbonyl (C=O) groups is 1. The minimum absolute atomic E-state index is 0.377. The Morgan fingerprint density at radius 3 is 2.81 bits per heavy atom. The topological polar surface area (TPSA) is 93.9 Å². The van der Waals surface area contributed by atoms with Crippen LogP contribution in [0.15, 0.2) is 30.9 Å². The van der Waals surface area contributed by atoms with E-state index in [0.717, 1.165) is 13.3 Å². The molecular weight excluding hydrogens is 482 g/mol. The first kappa shape index (κ1) is 26.6. The van der Waals surface area contributed by atoms with Gasteiger partial charge in [0.05, 0.1) is 37.3 Å². The van der Waals surface area contributed by atoms with Gasteiger partial charge in [0.2, 0.25) is 11.6 Å². The highest BCUT2D eigenvalue weighted by atomic mass is 19.3. The zero-order valence-electron chi connectivity index (χ0n) is 21.7. The molecule has 0 radical (unpaired) electrons. The molecule has 4 rings (SSSR count). The number of carbonyl (C=O) groups excluding carboxylic acids is 1. The molecule has 0 spiro atoms. The summed E-state index contributed by atoms with van der Waals surface area (Å²) in [5, 5.41) is 2.85. The summed E-state index contributed by atoms with van der Waals surface area (Å²) >= 11 is 0. The number of hydrogen-bond acceptors (Lipinski definition) is 6. The van der Waals surface area contributed by atoms with Crippen LogP contribution in [0.1, 0.15) is 64.6 Å². The molecule has 0 saturated carbocycles. The molecule has 1 N–H and O–H groups in total. The van der Waals surface area contributed by atoms with Gasteiger partial charge in [-0.2, -0.15) is 0 Å². The average Bonchev–Trinajstić information content (AvgIpc) is 3.33. The Balaban J connectivity index is 1.76. The molecule has 200 valence electrons. The molecule has 4 heterocycles. The van der Waals surface area contributed by atoms with Gasteiger partial charge in [-0.25, -0.2) is 23.5 Å². The number of amides is 2. The molecule has 2 atom stereocenters. The minimum atomic E-state index is -2.89. The first-order chi connectivity index (χ1) is 17.7. The predicted octanol–water partition coefficient (Wildman–Crippen LogP) is 5.26. The van der Waals surface area contributed by atoms with E-state index in [2.05, 4.69) is 15.3 Å². The summed E-state index contributed by atoms with van der Waals surface area (Å²) in [5.41, 5.74) is 2.50. The SMILES string of the molecule is CCN1C(=O)NC(CC(C)(F)F)CCCCCOc2nc(cn3ccnc23)-c2cc(ncc2OC)C1C. The normalized spacial score (nSPS) is 19.7. The number of aromatic nitrogens is 4. The van der Waals surface area contributed by atoms with Gasteiger partial charge in [0.1, 0.15) is 5.75 Å². The van der Waals surface area contributed by atoms with Crippen LogP contribution in [0.4, 0.5) is 13.6 Å². The monoisotopic (exact) mass is 516 g/mol. The molecular formula is C26H34F2N6O3. The highest BCUT2D eigenvalue weighted by molar-refractivity contribution is 5.75. The third-order valence-electron chi connectivity index (χ3n) is 6.59. The second-order valence-electron chi connectivity index (χ2n) is 9.48. The summed E-state index contributed by atoms with van der Waals surface area (Å²) in [7, 11) is 1.56. The lowest BCUT2D eigenvalue weighted by atomic mass is 10.0. The summed E-state index contributed by atoms with van der Waals surface area (Å²) in [6.07, 6.45) is 9.12. The molecule has 11 heteroatoms. The Hall–Kier alpha value is -3.50. The largest absolute Gasteiger partial charge is 0.494 e. The zero-order chi connectivity index (χ0) is 26.6. The smallest absolute Gasteiger partial charge is 0.318 e. The van der Waals surface area contributed by atoms with Crippen LogP contribution in [0.2, 0.25) is 0 Å². The van der Waals surface area contributed by atoms with Crippen molar-refractivity contribution >= 4 is 11.7 Å². The van der Waals surface area contributed by atoms with Crippen LogP contribution in [-0.2, 0) is 0 Å². The molecule has 0 aromatic carbocycles. The van der Waals surface area contributed by atoms with Crippen molar-refractivity contribution in [3.05, 3.63) is 36.5 Å². The molecule has 0 aliphatic carbocycles. The molecule has 37 heavy (non-hydrogen) atoms. The highest BCUT2D eigenvalue weighted by Crippen LogP contribution is 2.33. The number of fused-ring (bicyclic) bond motifs is 7. The fraction of sp³-hybridized carbons (Fsp3) is 0.538. The Bertz CT molecular complexity index is 1230. The standard InChI is InChI=1S/C26H34F2N6O3/c1-5-34-17(2)20-13-19(22(36-4)15-30-20)21-16-33-11-10-29-23(33)24(32-21)37-12-8-6-7-9-18(31-25(34)35)14-26(3,27)28/h10-11,13,15-18H,5-9,12,14H2,1-4H3,(H,31,35). The molecule has 4 bridgehead atoms. The van der Waals surface area contributed by atoms with Crippen LogP contribution in [-0.4, -0.2) is 62.5 Å². The second-order valence-corrected chi connectivity index (χ2v) is 9.48. The quantitative estimate of drug-likeness (QED) is 0.509. The van der Waals surface area contributed by atoms with Gasteiger partial charge in [0, 0.05) is 43.2 Å². The van der Waals surface area contributed by atoms with Crippen LogP contribution >= 0.6 is 0 Å². The summed E-state index contributed by atoms with van der Waals surface area (Å²) in [6, 6.07) is 0.368. The molecule has 2 amide bonds. The summed E-state index contributed by atoms with van der Waals surface area (Å²) in [4.78, 5) is 28.5. The number of ether oxygens (including phenoxy) is 2. The third kappa shape index (κ3) is 6.26. The summed E-state index contributed by atoms with van der Waals surface area (Å²) in [6.45, 7) is 5.38. The fourth-order valence-electron chi connectivity index (χ4n) is 4.69. The minimum Gasteiger partial charge on any atom is -0.494 e. The number of alkyl halides is 2. The average molecular weight is 517 g/mol. The Labute approximate surface area is 215 Å². The Morgan fingerprint density at radius 1 is 1.27 bits per heavy atom. The lowest BCUT2D eigenvalue weighted by Gasteiger charge is -2.31. The van der Waals surface area contributed by atoms with Gasteiger partial charge in [-0.1, -0.05) is 6.42 Å². The van der Waals surface area contributed by atoms with E-state index in [1.54, 1.807) is 24.4 Å². The molecule has 1 aliphatic heterocycles. The van der Waals surface area contributed by atoms with Gasteiger partial charge in [0.25, 0.3) is 5.88 Å². The van der Waals surface area contributed by atoms with Gasteiger partial charge >= 0.3 is 6.03 Å². The lowest BCUT2D eigenvalue weighted by molar-refractivity contribution is 0.00227. The van der Waals surface area contributed by atoms with Crippen molar-refractivity contribution in [1.82, 2.24) is 29.6 Å². The maximum absolute atomic E-state index is 13.9. The maximum atomic E-state index is 13.9. The van der Waals surface area contributed by atoms with Crippen LogP contribution in [0.25, 0.3) is 16.9 Å². The van der Waals surface area contributed by atoms with Crippen molar-refractivity contribution in [3.8, 4) is 22.9 Å². The number of hydrogen-bond donors (Lipinski definition) is 1. The molecule has 0 saturated heterocycles. The van der Waals surface area contributed by atoms with E-state index >= 15 is 0 Å². The third-order valence-corrected chi connectivity index (χ3v) is 6.59. The van der Waals surface area contributed by atoms with Crippen molar-refractivity contribution in [2.45, 2.75) is 70.9 Å². The van der Waals surface area contributed by atoms with Crippen LogP contribution in [0.3, 0.4) is 0 Å². The van der Waals surface area contributed by atoms with Gasteiger partial charge in [-0.15, -0.1) is 0 Å². The number of urea groups is 1. The van der Waals surface area contributed by atoms with E-state index in [9.17, 15) is 13.6 Å². The fourth-order valence-corrected chi connectivity index (χ4v) is 4.69. The van der Waals surface area contributed by atoms with E-state index in [1.165, 1.54) is 0 Å². The number of methoxy groups -OCH3 is 1. The van der Waals surface area contributed by atoms with Gasteiger partial charge in [0.15, 0.2) is 0 Å². The second kappa shape index (κ2) is 11.3. The zero-order valence-corrected chi connectivity index (χ0v) is 21.7. The van der Waals surface area contributed by atoms with E-state index in [1.807, 2.05) is 36.7 Å². The van der Waals surface area contributed by atoms with Crippen molar-refractivity contribution < 1.29 is 23.0 Å². The van der Waals surface area contributed by atoms with Crippen molar-refractivity contribution in [3.63, 3.8) is 0 Å². The first-order valence-corrected chi connectivity index (χ1v) is 12.7. The number of nitrogens with zero attached hydrogens (tertiary/aromatic N) is 5. The Kier molecular flexibility index (Phi) is 8.09. The molecule has 3 aromatic heterocycles. The molecule has 3 aromatic rings. The number of imidazole rings is 1. The van der Waals surface area contributed by atoms with Gasteiger partial charge in [-0.05, 0) is 46.1 Å². The maximum Gasteiger partial charge on any atom is 0.318 e. The van der Waals surface area contributed by atoms with E-state index in [-0.39, 0.29) is 0 Å². The molecule has 2 unspecified atom stereocenters.